The molecule has 0 aromatic heterocycles. The molecule has 27 heavy (non-hydrogen) atoms. The van der Waals surface area contributed by atoms with Gasteiger partial charge in [-0.1, -0.05) is 36.2 Å². The molecule has 2 fully saturated rings. The van der Waals surface area contributed by atoms with E-state index in [4.69, 9.17) is 11.6 Å². The van der Waals surface area contributed by atoms with Crippen LogP contribution >= 0.6 is 11.6 Å². The van der Waals surface area contributed by atoms with Crippen molar-refractivity contribution in [1.29, 1.82) is 0 Å². The van der Waals surface area contributed by atoms with Crippen LogP contribution in [0.5, 0.6) is 0 Å². The van der Waals surface area contributed by atoms with Gasteiger partial charge in [-0.25, -0.2) is 8.42 Å². The fourth-order valence-corrected chi connectivity index (χ4v) is 5.60. The van der Waals surface area contributed by atoms with Crippen molar-refractivity contribution in [2.75, 3.05) is 4.72 Å². The Kier molecular flexibility index (Phi) is 4.86. The molecule has 142 valence electrons. The van der Waals surface area contributed by atoms with Crippen molar-refractivity contribution >= 4 is 33.2 Å². The smallest absolute Gasteiger partial charge is 0.261 e. The second kappa shape index (κ2) is 7.17. The van der Waals surface area contributed by atoms with E-state index >= 15 is 0 Å². The predicted molar refractivity (Wildman–Crippen MR) is 105 cm³/mol. The molecule has 5 nitrogen and oxygen atoms in total. The Morgan fingerprint density at radius 1 is 1.04 bits per heavy atom. The van der Waals surface area contributed by atoms with Crippen LogP contribution in [0.3, 0.4) is 0 Å². The second-order valence-corrected chi connectivity index (χ2v) is 9.46. The van der Waals surface area contributed by atoms with E-state index in [1.54, 1.807) is 24.3 Å². The molecule has 0 saturated heterocycles. The number of benzene rings is 2. The number of carbonyl (C=O) groups excluding carboxylic acids is 1. The minimum atomic E-state index is -3.73. The van der Waals surface area contributed by atoms with Gasteiger partial charge in [0.1, 0.15) is 0 Å². The van der Waals surface area contributed by atoms with Crippen molar-refractivity contribution in [3.63, 3.8) is 0 Å². The Balaban J connectivity index is 1.47. The number of amides is 1. The Morgan fingerprint density at radius 3 is 2.44 bits per heavy atom. The monoisotopic (exact) mass is 404 g/mol. The van der Waals surface area contributed by atoms with E-state index < -0.39 is 10.0 Å². The minimum Gasteiger partial charge on any atom is -0.349 e. The van der Waals surface area contributed by atoms with Gasteiger partial charge in [-0.3, -0.25) is 9.52 Å². The first-order valence-corrected chi connectivity index (χ1v) is 11.0. The Labute approximate surface area is 164 Å². The number of nitrogens with one attached hydrogen (secondary N) is 2. The number of sulfonamides is 1. The molecule has 2 aliphatic rings. The SMILES string of the molecule is O=C(N[C@@H]1C[C@H]2CC[C@@H]1C2)c1ccc(NS(=O)(=O)c2ccccc2)c(Cl)c1. The maximum Gasteiger partial charge on any atom is 0.261 e. The van der Waals surface area contributed by atoms with Crippen LogP contribution in [0.25, 0.3) is 0 Å². The van der Waals surface area contributed by atoms with Gasteiger partial charge in [0.15, 0.2) is 0 Å². The van der Waals surface area contributed by atoms with Crippen molar-refractivity contribution < 1.29 is 13.2 Å². The standard InChI is InChI=1S/C20H21ClN2O3S/c21-17-12-15(20(24)22-19-11-13-6-7-14(19)10-13)8-9-18(17)23-27(25,26)16-4-2-1-3-5-16/h1-5,8-9,12-14,19,23H,6-7,10-11H2,(H,22,24)/t13-,14+,19+/m0/s1. The zero-order chi connectivity index (χ0) is 19.0. The van der Waals surface area contributed by atoms with Crippen LogP contribution in [-0.4, -0.2) is 20.4 Å². The molecular formula is C20H21ClN2O3S. The first kappa shape index (κ1) is 18.3. The van der Waals surface area contributed by atoms with Crippen LogP contribution in [0.2, 0.25) is 5.02 Å². The summed E-state index contributed by atoms with van der Waals surface area (Å²) in [6, 6.07) is 12.9. The summed E-state index contributed by atoms with van der Waals surface area (Å²) in [5.74, 6) is 1.18. The molecule has 2 N–H and O–H groups in total. The van der Waals surface area contributed by atoms with Gasteiger partial charge in [-0.15, -0.1) is 0 Å². The zero-order valence-electron chi connectivity index (χ0n) is 14.7. The van der Waals surface area contributed by atoms with Crippen molar-refractivity contribution in [3.8, 4) is 0 Å². The highest BCUT2D eigenvalue weighted by atomic mass is 35.5. The molecular weight excluding hydrogens is 384 g/mol. The zero-order valence-corrected chi connectivity index (χ0v) is 16.3. The molecule has 0 aliphatic heterocycles. The number of fused-ring (bicyclic) bond motifs is 2. The summed E-state index contributed by atoms with van der Waals surface area (Å²) in [6.07, 6.45) is 4.74. The van der Waals surface area contributed by atoms with Crippen molar-refractivity contribution in [3.05, 3.63) is 59.1 Å². The maximum absolute atomic E-state index is 12.5. The van der Waals surface area contributed by atoms with Crippen LogP contribution in [0.4, 0.5) is 5.69 Å². The molecule has 7 heteroatoms. The van der Waals surface area contributed by atoms with Crippen molar-refractivity contribution in [2.24, 2.45) is 11.8 Å². The molecule has 4 rings (SSSR count). The van der Waals surface area contributed by atoms with E-state index in [2.05, 4.69) is 10.0 Å². The average Bonchev–Trinajstić information content (AvgIpc) is 3.27. The Morgan fingerprint density at radius 2 is 1.81 bits per heavy atom. The van der Waals surface area contributed by atoms with Gasteiger partial charge in [-0.05, 0) is 61.4 Å². The van der Waals surface area contributed by atoms with E-state index in [0.29, 0.717) is 11.5 Å². The van der Waals surface area contributed by atoms with Gasteiger partial charge in [0.25, 0.3) is 15.9 Å². The average molecular weight is 405 g/mol. The molecule has 2 bridgehead atoms. The first-order chi connectivity index (χ1) is 12.9. The quantitative estimate of drug-likeness (QED) is 0.789. The second-order valence-electron chi connectivity index (χ2n) is 7.37. The highest BCUT2D eigenvalue weighted by Gasteiger charge is 2.40. The number of carbonyl (C=O) groups is 1. The molecule has 2 aromatic rings. The van der Waals surface area contributed by atoms with Crippen LogP contribution in [0, 0.1) is 11.8 Å². The molecule has 3 atom stereocenters. The summed E-state index contributed by atoms with van der Waals surface area (Å²) in [5, 5.41) is 3.30. The molecule has 0 radical (unpaired) electrons. The third-order valence-corrected chi connectivity index (χ3v) is 7.28. The minimum absolute atomic E-state index is 0.152. The lowest BCUT2D eigenvalue weighted by molar-refractivity contribution is 0.0923. The third kappa shape index (κ3) is 3.82. The maximum atomic E-state index is 12.5. The van der Waals surface area contributed by atoms with Gasteiger partial charge in [0.2, 0.25) is 0 Å². The number of anilines is 1. The highest BCUT2D eigenvalue weighted by Crippen LogP contribution is 2.44. The van der Waals surface area contributed by atoms with Gasteiger partial charge in [-0.2, -0.15) is 0 Å². The fourth-order valence-electron chi connectivity index (χ4n) is 4.22. The largest absolute Gasteiger partial charge is 0.349 e. The topological polar surface area (TPSA) is 75.3 Å². The molecule has 2 saturated carbocycles. The molecule has 0 unspecified atom stereocenters. The Hall–Kier alpha value is -2.05. The predicted octanol–water partition coefficient (Wildman–Crippen LogP) is 4.06. The van der Waals surface area contributed by atoms with Crippen LogP contribution in [-0.2, 0) is 10.0 Å². The number of rotatable bonds is 5. The van der Waals surface area contributed by atoms with Gasteiger partial charge in [0, 0.05) is 11.6 Å². The van der Waals surface area contributed by atoms with E-state index in [1.807, 2.05) is 0 Å². The summed E-state index contributed by atoms with van der Waals surface area (Å²) < 4.78 is 27.3. The molecule has 2 aliphatic carbocycles. The van der Waals surface area contributed by atoms with E-state index in [9.17, 15) is 13.2 Å². The lowest BCUT2D eigenvalue weighted by Gasteiger charge is -2.23. The number of hydrogen-bond donors (Lipinski definition) is 2. The molecule has 1 amide bonds. The summed E-state index contributed by atoms with van der Waals surface area (Å²) in [7, 11) is -3.73. The van der Waals surface area contributed by atoms with E-state index in [-0.39, 0.29) is 27.6 Å². The fraction of sp³-hybridized carbons (Fsp3) is 0.350. The molecule has 0 spiro atoms. The molecule has 0 heterocycles. The van der Waals surface area contributed by atoms with Crippen molar-refractivity contribution in [2.45, 2.75) is 36.6 Å². The van der Waals surface area contributed by atoms with Gasteiger partial charge in [0.05, 0.1) is 15.6 Å². The lowest BCUT2D eigenvalue weighted by atomic mass is 9.95. The lowest BCUT2D eigenvalue weighted by Crippen LogP contribution is -2.38. The summed E-state index contributed by atoms with van der Waals surface area (Å²) in [6.45, 7) is 0. The van der Waals surface area contributed by atoms with Crippen LogP contribution in [0.1, 0.15) is 36.0 Å². The summed E-state index contributed by atoms with van der Waals surface area (Å²) in [4.78, 5) is 12.7. The third-order valence-electron chi connectivity index (χ3n) is 5.58. The summed E-state index contributed by atoms with van der Waals surface area (Å²) >= 11 is 6.24. The summed E-state index contributed by atoms with van der Waals surface area (Å²) in [5.41, 5.74) is 0.683. The van der Waals surface area contributed by atoms with Crippen molar-refractivity contribution in [1.82, 2.24) is 5.32 Å². The number of hydrogen-bond acceptors (Lipinski definition) is 3. The van der Waals surface area contributed by atoms with Gasteiger partial charge >= 0.3 is 0 Å². The highest BCUT2D eigenvalue weighted by molar-refractivity contribution is 7.92. The van der Waals surface area contributed by atoms with E-state index in [1.165, 1.54) is 43.5 Å². The Bertz CT molecular complexity index is 962. The molecule has 2 aromatic carbocycles. The first-order valence-electron chi connectivity index (χ1n) is 9.10. The van der Waals surface area contributed by atoms with Gasteiger partial charge < -0.3 is 5.32 Å². The number of halogens is 1. The normalized spacial score (nSPS) is 24.0. The van der Waals surface area contributed by atoms with Crippen LogP contribution in [0.15, 0.2) is 53.4 Å². The van der Waals surface area contributed by atoms with Crippen LogP contribution < -0.4 is 10.0 Å². The van der Waals surface area contributed by atoms with E-state index in [0.717, 1.165) is 12.3 Å².